The van der Waals surface area contributed by atoms with E-state index in [0.29, 0.717) is 17.6 Å². The number of hydrogen-bond acceptors (Lipinski definition) is 8. The van der Waals surface area contributed by atoms with Gasteiger partial charge in [0.25, 0.3) is 11.3 Å². The highest BCUT2D eigenvalue weighted by Gasteiger charge is 2.19. The fourth-order valence-electron chi connectivity index (χ4n) is 3.97. The molecule has 1 aromatic carbocycles. The van der Waals surface area contributed by atoms with Gasteiger partial charge < -0.3 is 19.5 Å². The Morgan fingerprint density at radius 3 is 2.78 bits per heavy atom. The molecule has 4 rings (SSSR count). The molecule has 2 aromatic heterocycles. The molecule has 1 amide bonds. The van der Waals surface area contributed by atoms with Crippen molar-refractivity contribution in [1.82, 2.24) is 24.9 Å². The summed E-state index contributed by atoms with van der Waals surface area (Å²) in [5, 5.41) is 6.94. The van der Waals surface area contributed by atoms with Crippen molar-refractivity contribution in [2.45, 2.75) is 19.9 Å². The number of anilines is 1. The molecular weight excluding hydrogens is 412 g/mol. The number of benzene rings is 1. The third-order valence-corrected chi connectivity index (χ3v) is 5.72. The summed E-state index contributed by atoms with van der Waals surface area (Å²) in [6.07, 6.45) is 2.16. The van der Waals surface area contributed by atoms with Gasteiger partial charge in [-0.05, 0) is 32.0 Å². The number of rotatable bonds is 8. The molecule has 1 fully saturated rings. The van der Waals surface area contributed by atoms with Crippen molar-refractivity contribution in [3.63, 3.8) is 0 Å². The van der Waals surface area contributed by atoms with Crippen molar-refractivity contribution in [1.29, 1.82) is 0 Å². The van der Waals surface area contributed by atoms with Crippen LogP contribution in [0.4, 0.5) is 5.69 Å². The van der Waals surface area contributed by atoms with Gasteiger partial charge in [0.05, 0.1) is 18.5 Å². The first-order valence-electron chi connectivity index (χ1n) is 10.7. The number of piperazine rings is 1. The summed E-state index contributed by atoms with van der Waals surface area (Å²) < 4.78 is 11.7. The van der Waals surface area contributed by atoms with Crippen LogP contribution in [0.15, 0.2) is 39.9 Å². The van der Waals surface area contributed by atoms with Gasteiger partial charge in [-0.3, -0.25) is 19.1 Å². The molecular formula is C22H28N6O4. The topological polar surface area (TPSA) is 106 Å². The smallest absolute Gasteiger partial charge is 0.267 e. The number of carbonyl (C=O) groups excluding carboxylic acids is 1. The standard InChI is InChI=1S/C22H28N6O4/c1-16-20-21(32-25-16)24-15-28(22(20)30)14-19(29)23-8-5-9-26-10-12-27(13-11-26)17-6-3-4-7-18(17)31-2/h3-4,6-7,15H,5,8-14H2,1-2H3,(H,23,29). The molecule has 0 spiro atoms. The maximum atomic E-state index is 12.5. The van der Waals surface area contributed by atoms with Crippen LogP contribution in [0.5, 0.6) is 5.75 Å². The second-order valence-corrected chi connectivity index (χ2v) is 7.83. The summed E-state index contributed by atoms with van der Waals surface area (Å²) in [4.78, 5) is 33.5. The van der Waals surface area contributed by atoms with Gasteiger partial charge in [-0.2, -0.15) is 0 Å². The molecule has 0 aliphatic carbocycles. The van der Waals surface area contributed by atoms with E-state index in [-0.39, 0.29) is 23.7 Å². The molecule has 0 atom stereocenters. The van der Waals surface area contributed by atoms with Crippen LogP contribution in [0.1, 0.15) is 12.1 Å². The lowest BCUT2D eigenvalue weighted by Gasteiger charge is -2.36. The number of para-hydroxylation sites is 2. The van der Waals surface area contributed by atoms with Crippen molar-refractivity contribution >= 4 is 22.7 Å². The Morgan fingerprint density at radius 2 is 2.00 bits per heavy atom. The largest absolute Gasteiger partial charge is 0.495 e. The van der Waals surface area contributed by atoms with Gasteiger partial charge in [-0.15, -0.1) is 0 Å². The zero-order valence-electron chi connectivity index (χ0n) is 18.4. The Morgan fingerprint density at radius 1 is 1.22 bits per heavy atom. The van der Waals surface area contributed by atoms with E-state index in [2.05, 4.69) is 31.3 Å². The first-order valence-corrected chi connectivity index (χ1v) is 10.7. The summed E-state index contributed by atoms with van der Waals surface area (Å²) >= 11 is 0. The van der Waals surface area contributed by atoms with Gasteiger partial charge in [0, 0.05) is 32.7 Å². The predicted molar refractivity (Wildman–Crippen MR) is 120 cm³/mol. The van der Waals surface area contributed by atoms with E-state index in [4.69, 9.17) is 9.26 Å². The van der Waals surface area contributed by atoms with Crippen molar-refractivity contribution < 1.29 is 14.1 Å². The Bertz CT molecular complexity index is 1130. The van der Waals surface area contributed by atoms with E-state index in [0.717, 1.165) is 50.6 Å². The van der Waals surface area contributed by atoms with Crippen LogP contribution in [0.2, 0.25) is 0 Å². The van der Waals surface area contributed by atoms with E-state index in [9.17, 15) is 9.59 Å². The first-order chi connectivity index (χ1) is 15.6. The fraction of sp³-hybridized carbons (Fsp3) is 0.455. The van der Waals surface area contributed by atoms with Gasteiger partial charge in [-0.1, -0.05) is 17.3 Å². The lowest BCUT2D eigenvalue weighted by molar-refractivity contribution is -0.121. The van der Waals surface area contributed by atoms with Crippen LogP contribution < -0.4 is 20.5 Å². The van der Waals surface area contributed by atoms with Crippen molar-refractivity contribution in [3.05, 3.63) is 46.6 Å². The van der Waals surface area contributed by atoms with E-state index in [1.807, 2.05) is 18.2 Å². The molecule has 0 saturated carbocycles. The Kier molecular flexibility index (Phi) is 6.69. The molecule has 10 nitrogen and oxygen atoms in total. The molecule has 10 heteroatoms. The number of methoxy groups -OCH3 is 1. The number of nitrogens with zero attached hydrogens (tertiary/aromatic N) is 5. The number of nitrogens with one attached hydrogen (secondary N) is 1. The summed E-state index contributed by atoms with van der Waals surface area (Å²) in [6, 6.07) is 8.09. The number of amides is 1. The number of carbonyl (C=O) groups is 1. The maximum Gasteiger partial charge on any atom is 0.267 e. The minimum absolute atomic E-state index is 0.0794. The molecule has 3 aromatic rings. The zero-order valence-corrected chi connectivity index (χ0v) is 18.4. The van der Waals surface area contributed by atoms with Gasteiger partial charge in [0.15, 0.2) is 0 Å². The molecule has 0 radical (unpaired) electrons. The second-order valence-electron chi connectivity index (χ2n) is 7.83. The average molecular weight is 441 g/mol. The van der Waals surface area contributed by atoms with Crippen molar-refractivity contribution in [2.24, 2.45) is 0 Å². The summed E-state index contributed by atoms with van der Waals surface area (Å²) in [7, 11) is 1.70. The molecule has 1 N–H and O–H groups in total. The number of aryl methyl sites for hydroxylation is 1. The molecule has 170 valence electrons. The van der Waals surface area contributed by atoms with E-state index in [1.54, 1.807) is 14.0 Å². The highest BCUT2D eigenvalue weighted by Crippen LogP contribution is 2.28. The zero-order chi connectivity index (χ0) is 22.5. The Labute approximate surface area is 185 Å². The third-order valence-electron chi connectivity index (χ3n) is 5.72. The first kappa shape index (κ1) is 21.8. The lowest BCUT2D eigenvalue weighted by atomic mass is 10.2. The monoisotopic (exact) mass is 440 g/mol. The van der Waals surface area contributed by atoms with Gasteiger partial charge in [0.2, 0.25) is 5.91 Å². The fourth-order valence-corrected chi connectivity index (χ4v) is 3.97. The molecule has 32 heavy (non-hydrogen) atoms. The highest BCUT2D eigenvalue weighted by atomic mass is 16.5. The van der Waals surface area contributed by atoms with Crippen LogP contribution in [-0.2, 0) is 11.3 Å². The molecule has 1 aliphatic heterocycles. The minimum atomic E-state index is -0.322. The number of ether oxygens (including phenoxy) is 1. The number of hydrogen-bond donors (Lipinski definition) is 1. The van der Waals surface area contributed by atoms with E-state index < -0.39 is 0 Å². The van der Waals surface area contributed by atoms with Crippen LogP contribution in [0, 0.1) is 6.92 Å². The van der Waals surface area contributed by atoms with Crippen LogP contribution >= 0.6 is 0 Å². The number of aromatic nitrogens is 3. The van der Waals surface area contributed by atoms with Gasteiger partial charge >= 0.3 is 0 Å². The van der Waals surface area contributed by atoms with Crippen LogP contribution in [0.3, 0.4) is 0 Å². The summed E-state index contributed by atoms with van der Waals surface area (Å²) in [5.41, 5.74) is 1.47. The summed E-state index contributed by atoms with van der Waals surface area (Å²) in [6.45, 7) is 6.87. The van der Waals surface area contributed by atoms with Crippen molar-refractivity contribution in [3.8, 4) is 5.75 Å². The van der Waals surface area contributed by atoms with Crippen LogP contribution in [-0.4, -0.2) is 71.9 Å². The normalized spacial score (nSPS) is 14.6. The van der Waals surface area contributed by atoms with Gasteiger partial charge in [-0.25, -0.2) is 4.98 Å². The molecule has 0 unspecified atom stereocenters. The maximum absolute atomic E-state index is 12.5. The minimum Gasteiger partial charge on any atom is -0.495 e. The predicted octanol–water partition coefficient (Wildman–Crippen LogP) is 1.03. The molecule has 1 aliphatic rings. The highest BCUT2D eigenvalue weighted by molar-refractivity contribution is 5.77. The SMILES string of the molecule is COc1ccccc1N1CCN(CCCNC(=O)Cn2cnc3onc(C)c3c2=O)CC1. The Hall–Kier alpha value is -3.40. The molecule has 3 heterocycles. The van der Waals surface area contributed by atoms with Crippen LogP contribution in [0.25, 0.3) is 11.1 Å². The van der Waals surface area contributed by atoms with E-state index >= 15 is 0 Å². The summed E-state index contributed by atoms with van der Waals surface area (Å²) in [5.74, 6) is 0.680. The molecule has 0 bridgehead atoms. The number of fused-ring (bicyclic) bond motifs is 1. The molecule has 1 saturated heterocycles. The Balaban J connectivity index is 1.19. The second kappa shape index (κ2) is 9.82. The average Bonchev–Trinajstić information content (AvgIpc) is 3.20. The van der Waals surface area contributed by atoms with Gasteiger partial charge in [0.1, 0.15) is 24.0 Å². The quantitative estimate of drug-likeness (QED) is 0.518. The van der Waals surface area contributed by atoms with Crippen molar-refractivity contribution in [2.75, 3.05) is 51.3 Å². The third kappa shape index (κ3) is 4.75. The van der Waals surface area contributed by atoms with E-state index in [1.165, 1.54) is 10.9 Å². The lowest BCUT2D eigenvalue weighted by Crippen LogP contribution is -2.47.